The van der Waals surface area contributed by atoms with Crippen LogP contribution in [0.5, 0.6) is 0 Å². The van der Waals surface area contributed by atoms with E-state index in [0.717, 1.165) is 24.7 Å². The molecule has 8 rings (SSSR count). The molecule has 0 nitrogen and oxygen atoms in total. The van der Waals surface area contributed by atoms with Crippen LogP contribution in [0.25, 0.3) is 33.4 Å². The van der Waals surface area contributed by atoms with Crippen LogP contribution < -0.4 is 0 Å². The Labute approximate surface area is 368 Å². The van der Waals surface area contributed by atoms with E-state index >= 15 is 0 Å². The molecule has 3 heteroatoms. The summed E-state index contributed by atoms with van der Waals surface area (Å²) in [5.74, 6) is 2.15. The van der Waals surface area contributed by atoms with Crippen LogP contribution in [0.3, 0.4) is 0 Å². The van der Waals surface area contributed by atoms with Crippen LogP contribution in [0.1, 0.15) is 147 Å². The first-order valence-corrected chi connectivity index (χ1v) is 22.4. The molecule has 0 saturated heterocycles. The molecule has 2 saturated carbocycles. The van der Waals surface area contributed by atoms with Crippen molar-refractivity contribution in [2.75, 3.05) is 0 Å². The Kier molecular flexibility index (Phi) is 17.9. The molecule has 0 aliphatic heterocycles. The van der Waals surface area contributed by atoms with Gasteiger partial charge in [0.05, 0.1) is 0 Å². The monoisotopic (exact) mass is 862 g/mol. The Bertz CT molecular complexity index is 1760. The zero-order valence-electron chi connectivity index (χ0n) is 35.1. The molecule has 2 fully saturated rings. The quantitative estimate of drug-likeness (QED) is 0.149. The van der Waals surface area contributed by atoms with Gasteiger partial charge in [0.2, 0.25) is 0 Å². The second-order valence-electron chi connectivity index (χ2n) is 18.4. The summed E-state index contributed by atoms with van der Waals surface area (Å²) in [6, 6.07) is 32.8. The molecule has 0 amide bonds. The second kappa shape index (κ2) is 21.6. The normalized spacial score (nSPS) is 16.3. The number of fused-ring (bicyclic) bond motifs is 3. The summed E-state index contributed by atoms with van der Waals surface area (Å²) in [5.41, 5.74) is 13.5. The maximum absolute atomic E-state index is 3.88. The Balaban J connectivity index is 0.000000252. The molecule has 0 radical (unpaired) electrons. The van der Waals surface area contributed by atoms with Crippen LogP contribution in [0, 0.1) is 24.0 Å². The van der Waals surface area contributed by atoms with E-state index in [4.69, 9.17) is 0 Å². The number of benzene rings is 4. The van der Waals surface area contributed by atoms with Crippen molar-refractivity contribution in [2.24, 2.45) is 11.8 Å². The molecule has 0 spiro atoms. The number of hydrogen-bond acceptors (Lipinski definition) is 0. The van der Waals surface area contributed by atoms with Crippen molar-refractivity contribution >= 4 is 28.0 Å². The van der Waals surface area contributed by atoms with Gasteiger partial charge in [0.1, 0.15) is 0 Å². The molecule has 4 aromatic rings. The van der Waals surface area contributed by atoms with Gasteiger partial charge in [0.15, 0.2) is 0 Å². The van der Waals surface area contributed by atoms with E-state index < -0.39 is 0 Å². The van der Waals surface area contributed by atoms with Gasteiger partial charge in [-0.2, -0.15) is 6.08 Å². The van der Waals surface area contributed by atoms with E-state index in [1.54, 1.807) is 24.2 Å². The summed E-state index contributed by atoms with van der Waals surface area (Å²) in [5, 5.41) is 0. The summed E-state index contributed by atoms with van der Waals surface area (Å²) < 4.78 is 1.91. The molecule has 0 aromatic heterocycles. The first-order valence-electron chi connectivity index (χ1n) is 21.1. The fourth-order valence-corrected chi connectivity index (χ4v) is 10.4. The summed E-state index contributed by atoms with van der Waals surface area (Å²) >= 11 is 1.75. The van der Waals surface area contributed by atoms with Gasteiger partial charge in [-0.25, -0.2) is 12.2 Å². The molecule has 4 aliphatic carbocycles. The zero-order chi connectivity index (χ0) is 38.1. The molecule has 0 unspecified atom stereocenters. The summed E-state index contributed by atoms with van der Waals surface area (Å²) in [6.45, 7) is 13.9. The molecule has 4 aliphatic rings. The zero-order valence-corrected chi connectivity index (χ0v) is 39.2. The molecule has 296 valence electrons. The minimum absolute atomic E-state index is 0. The van der Waals surface area contributed by atoms with Crippen LogP contribution in [-0.2, 0) is 41.5 Å². The van der Waals surface area contributed by atoms with Gasteiger partial charge in [-0.15, -0.1) is 60.1 Å². The third-order valence-electron chi connectivity index (χ3n) is 11.9. The Morgan fingerprint density at radius 2 is 1.14 bits per heavy atom. The van der Waals surface area contributed by atoms with Crippen molar-refractivity contribution in [1.29, 1.82) is 0 Å². The van der Waals surface area contributed by atoms with Crippen molar-refractivity contribution in [3.8, 4) is 33.4 Å². The molecule has 4 aromatic carbocycles. The number of hydrogen-bond donors (Lipinski definition) is 0. The summed E-state index contributed by atoms with van der Waals surface area (Å²) in [4.78, 5) is 0. The Morgan fingerprint density at radius 1 is 0.625 bits per heavy atom. The third kappa shape index (κ3) is 12.6. The van der Waals surface area contributed by atoms with Crippen LogP contribution >= 0.6 is 24.8 Å². The first kappa shape index (κ1) is 46.4. The van der Waals surface area contributed by atoms with Crippen molar-refractivity contribution in [3.05, 3.63) is 131 Å². The van der Waals surface area contributed by atoms with E-state index in [9.17, 15) is 0 Å². The fourth-order valence-electron chi connectivity index (χ4n) is 9.00. The van der Waals surface area contributed by atoms with Gasteiger partial charge in [-0.3, -0.25) is 6.08 Å². The topological polar surface area (TPSA) is 0 Å². The van der Waals surface area contributed by atoms with E-state index in [1.807, 2.05) is 15.4 Å². The van der Waals surface area contributed by atoms with Crippen molar-refractivity contribution in [1.82, 2.24) is 0 Å². The maximum atomic E-state index is 3.88. The Hall–Kier alpha value is -2.31. The third-order valence-corrected chi connectivity index (χ3v) is 12.9. The van der Waals surface area contributed by atoms with Crippen LogP contribution in [0.15, 0.2) is 97.1 Å². The molecular formula is C53H66Cl2Zr. The van der Waals surface area contributed by atoms with Gasteiger partial charge in [-0.05, 0) is 39.5 Å². The molecule has 56 heavy (non-hydrogen) atoms. The predicted molar refractivity (Wildman–Crippen MR) is 245 cm³/mol. The molecule has 0 bridgehead atoms. The second-order valence-corrected chi connectivity index (χ2v) is 20.2. The van der Waals surface area contributed by atoms with Gasteiger partial charge in [-0.1, -0.05) is 131 Å². The van der Waals surface area contributed by atoms with E-state index in [2.05, 4.69) is 139 Å². The SMILES string of the molecule is CC(C)(C)c1cc2c([c-]c1-c1ccccc1)Cc1cc(-c3ccccc3)c(C(C)(C)C)cc1-2.Cl.Cl.[C-]1=CC=CC1.[Zr+2]=[C](CC1CCCCC1)CC1CCCCC1. The van der Waals surface area contributed by atoms with Crippen molar-refractivity contribution < 1.29 is 24.2 Å². The predicted octanol–water partition coefficient (Wildman–Crippen LogP) is 15.8. The van der Waals surface area contributed by atoms with Gasteiger partial charge < -0.3 is 0 Å². The van der Waals surface area contributed by atoms with Crippen LogP contribution in [-0.4, -0.2) is 3.21 Å². The average Bonchev–Trinajstić information content (AvgIpc) is 3.87. The van der Waals surface area contributed by atoms with Crippen molar-refractivity contribution in [2.45, 2.75) is 142 Å². The molecule has 0 N–H and O–H groups in total. The Morgan fingerprint density at radius 3 is 1.61 bits per heavy atom. The van der Waals surface area contributed by atoms with E-state index in [1.165, 1.54) is 133 Å². The molecular weight excluding hydrogens is 799 g/mol. The standard InChI is InChI=1S/C33H33.C15H26.C5H5.2ClH.Zr/c1-32(2,3)30-20-26-24(18-28(30)22-13-9-7-10-14-22)17-25-19-29(23-15-11-8-12-16-23)31(21-27(25)26)33(4,5)6;1-3-8-14(9-4-1)12-7-13-15-10-5-2-6-11-15;1-2-4-5-3-1;;;/h7-16,18,20-21H,17H2,1-6H3;14-15H,1-6,8-13H2;1-3H,4H2;2*1H;/q-1;;-1;;;+2. The van der Waals surface area contributed by atoms with Gasteiger partial charge in [0, 0.05) is 0 Å². The van der Waals surface area contributed by atoms with Crippen molar-refractivity contribution in [3.63, 3.8) is 0 Å². The molecule has 0 atom stereocenters. The summed E-state index contributed by atoms with van der Waals surface area (Å²) in [7, 11) is 0. The average molecular weight is 865 g/mol. The fraction of sp³-hybridized carbons (Fsp3) is 0.453. The summed E-state index contributed by atoms with van der Waals surface area (Å²) in [6.07, 6.45) is 29.1. The minimum atomic E-state index is 0. The van der Waals surface area contributed by atoms with E-state index in [-0.39, 0.29) is 35.6 Å². The van der Waals surface area contributed by atoms with Gasteiger partial charge >= 0.3 is 116 Å². The number of halogens is 2. The van der Waals surface area contributed by atoms with E-state index in [0.29, 0.717) is 0 Å². The number of allylic oxidation sites excluding steroid dienone is 4. The van der Waals surface area contributed by atoms with Crippen LogP contribution in [0.4, 0.5) is 0 Å². The van der Waals surface area contributed by atoms with Crippen LogP contribution in [0.2, 0.25) is 0 Å². The van der Waals surface area contributed by atoms with Gasteiger partial charge in [0.25, 0.3) is 0 Å². The number of rotatable bonds is 6. The first-order chi connectivity index (χ1) is 26.0. The molecule has 0 heterocycles.